The SMILES string of the molecule is C1=C(c2ccccc2)c2ccc3[nH]c(cc3-c3ccccc3)c3nc(ccc4[nH]c(cc4-c4ccccc4)c1n2)C(c1ccccc1)=C3.CC.CC.CC.CC.[HH].[HH]. The van der Waals surface area contributed by atoms with E-state index >= 15 is 0 Å². The highest BCUT2D eigenvalue weighted by Crippen LogP contribution is 2.35. The smallest absolute Gasteiger partial charge is 0.0879 e. The molecule has 0 atom stereocenters. The summed E-state index contributed by atoms with van der Waals surface area (Å²) in [6.45, 7) is 16.0. The van der Waals surface area contributed by atoms with Crippen LogP contribution < -0.4 is 0 Å². The third kappa shape index (κ3) is 8.88. The molecule has 0 aliphatic carbocycles. The van der Waals surface area contributed by atoms with E-state index in [2.05, 4.69) is 156 Å². The molecule has 0 radical (unpaired) electrons. The molecular weight excluding hydrogens is 681 g/mol. The molecule has 56 heavy (non-hydrogen) atoms. The molecule has 286 valence electrons. The van der Waals surface area contributed by atoms with Crippen LogP contribution in [0.25, 0.3) is 67.6 Å². The van der Waals surface area contributed by atoms with Gasteiger partial charge < -0.3 is 9.97 Å². The average molecular weight is 739 g/mol. The quantitative estimate of drug-likeness (QED) is 0.189. The van der Waals surface area contributed by atoms with Gasteiger partial charge in [0.25, 0.3) is 0 Å². The Bertz CT molecular complexity index is 2360. The fraction of sp³-hybridized carbons (Fsp3) is 0.154. The van der Waals surface area contributed by atoms with Crippen molar-refractivity contribution in [2.45, 2.75) is 55.4 Å². The molecule has 0 fully saturated rings. The van der Waals surface area contributed by atoms with Crippen LogP contribution in [-0.2, 0) is 0 Å². The Hall–Kier alpha value is -6.52. The van der Waals surface area contributed by atoms with Gasteiger partial charge in [-0.3, -0.25) is 0 Å². The second-order valence-electron chi connectivity index (χ2n) is 12.0. The molecule has 0 amide bonds. The van der Waals surface area contributed by atoms with Gasteiger partial charge >= 0.3 is 0 Å². The van der Waals surface area contributed by atoms with Gasteiger partial charge in [-0.1, -0.05) is 177 Å². The lowest BCUT2D eigenvalue weighted by atomic mass is 10.0. The molecule has 7 aromatic rings. The summed E-state index contributed by atoms with van der Waals surface area (Å²) in [6.07, 6.45) is 4.38. The molecule has 4 heteroatoms. The van der Waals surface area contributed by atoms with Crippen LogP contribution in [0.15, 0.2) is 158 Å². The fourth-order valence-electron chi connectivity index (χ4n) is 6.61. The minimum atomic E-state index is 0. The molecule has 3 aromatic heterocycles. The highest BCUT2D eigenvalue weighted by Gasteiger charge is 2.17. The van der Waals surface area contributed by atoms with E-state index < -0.39 is 0 Å². The number of hydrogen-bond acceptors (Lipinski definition) is 2. The van der Waals surface area contributed by atoms with Gasteiger partial charge in [-0.15, -0.1) is 0 Å². The second-order valence-corrected chi connectivity index (χ2v) is 12.0. The maximum Gasteiger partial charge on any atom is 0.0879 e. The first kappa shape index (κ1) is 40.7. The maximum atomic E-state index is 5.22. The largest absolute Gasteiger partial charge is 0.353 e. The van der Waals surface area contributed by atoms with Crippen molar-refractivity contribution in [3.63, 3.8) is 0 Å². The first-order chi connectivity index (χ1) is 27.8. The molecule has 0 spiro atoms. The van der Waals surface area contributed by atoms with Crippen molar-refractivity contribution in [3.8, 4) is 22.3 Å². The van der Waals surface area contributed by atoms with Gasteiger partial charge in [0.1, 0.15) is 0 Å². The molecule has 4 aromatic carbocycles. The fourth-order valence-corrected chi connectivity index (χ4v) is 6.61. The van der Waals surface area contributed by atoms with E-state index in [4.69, 9.17) is 9.97 Å². The molecule has 0 saturated carbocycles. The predicted octanol–water partition coefficient (Wildman–Crippen LogP) is 15.4. The second kappa shape index (κ2) is 20.2. The number of aromatic nitrogens is 4. The first-order valence-electron chi connectivity index (χ1n) is 20.2. The van der Waals surface area contributed by atoms with Crippen LogP contribution >= 0.6 is 0 Å². The summed E-state index contributed by atoms with van der Waals surface area (Å²) in [6, 6.07) is 54.9. The van der Waals surface area contributed by atoms with Crippen LogP contribution in [0.5, 0.6) is 0 Å². The lowest BCUT2D eigenvalue weighted by Gasteiger charge is -2.01. The van der Waals surface area contributed by atoms with Crippen molar-refractivity contribution < 1.29 is 2.85 Å². The summed E-state index contributed by atoms with van der Waals surface area (Å²) >= 11 is 0. The lowest BCUT2D eigenvalue weighted by molar-refractivity contribution is 1.30. The predicted molar refractivity (Wildman–Crippen MR) is 248 cm³/mol. The number of rotatable bonds is 4. The Balaban J connectivity index is 0.000000851. The van der Waals surface area contributed by atoms with Crippen LogP contribution in [0.2, 0.25) is 0 Å². The van der Waals surface area contributed by atoms with Gasteiger partial charge in [0.2, 0.25) is 0 Å². The molecule has 2 aliphatic heterocycles. The van der Waals surface area contributed by atoms with Gasteiger partial charge in [0.15, 0.2) is 0 Å². The molecule has 0 saturated heterocycles. The van der Waals surface area contributed by atoms with Crippen LogP contribution in [0.4, 0.5) is 0 Å². The third-order valence-corrected chi connectivity index (χ3v) is 9.00. The highest BCUT2D eigenvalue weighted by atomic mass is 14.8. The number of hydrogen-bond donors (Lipinski definition) is 2. The van der Waals surface area contributed by atoms with E-state index in [1.54, 1.807) is 0 Å². The molecule has 4 nitrogen and oxygen atoms in total. The summed E-state index contributed by atoms with van der Waals surface area (Å²) in [5, 5.41) is 0. The van der Waals surface area contributed by atoms with E-state index in [9.17, 15) is 0 Å². The number of nitrogens with one attached hydrogen (secondary N) is 2. The van der Waals surface area contributed by atoms with Crippen molar-refractivity contribution in [2.24, 2.45) is 0 Å². The summed E-state index contributed by atoms with van der Waals surface area (Å²) in [5.41, 5.74) is 16.5. The van der Waals surface area contributed by atoms with E-state index in [0.717, 1.165) is 89.4 Å². The molecule has 2 N–H and O–H groups in total. The van der Waals surface area contributed by atoms with Gasteiger partial charge in [-0.25, -0.2) is 9.97 Å². The molecule has 8 bridgehead atoms. The zero-order valence-electron chi connectivity index (χ0n) is 34.1. The standard InChI is InChI=1S/C44H30N4.4C2H6.2H2/c1-5-13-29(14-6-1)33-25-41-42-26-34(30-15-7-2-8-16-30)39(46-42)23-24-40-36(32-19-11-4-12-20-32)28-44(48-40)43-27-35(31-17-9-3-10-18-31)38(47-43)22-21-37(33)45-41;4*1-2;;/h1-28,45,48H;4*1-2H3;2*1H. The van der Waals surface area contributed by atoms with Crippen LogP contribution in [0.3, 0.4) is 0 Å². The summed E-state index contributed by atoms with van der Waals surface area (Å²) in [4.78, 5) is 17.9. The van der Waals surface area contributed by atoms with Crippen molar-refractivity contribution >= 4 is 45.4 Å². The van der Waals surface area contributed by atoms with E-state index in [0.29, 0.717) is 0 Å². The first-order valence-corrected chi connectivity index (χ1v) is 20.2. The van der Waals surface area contributed by atoms with Crippen LogP contribution in [0, 0.1) is 0 Å². The Labute approximate surface area is 336 Å². The molecule has 0 unspecified atom stereocenters. The molecular formula is C52H58N4. The lowest BCUT2D eigenvalue weighted by Crippen LogP contribution is -1.84. The summed E-state index contributed by atoms with van der Waals surface area (Å²) < 4.78 is 0. The van der Waals surface area contributed by atoms with E-state index in [1.807, 2.05) is 79.7 Å². The summed E-state index contributed by atoms with van der Waals surface area (Å²) in [7, 11) is 0. The van der Waals surface area contributed by atoms with Gasteiger partial charge in [0, 0.05) is 36.2 Å². The average Bonchev–Trinajstić information content (AvgIpc) is 4.11. The molecule has 5 heterocycles. The monoisotopic (exact) mass is 738 g/mol. The molecule has 2 aliphatic rings. The van der Waals surface area contributed by atoms with Gasteiger partial charge in [0.05, 0.1) is 33.8 Å². The Morgan fingerprint density at radius 2 is 0.643 bits per heavy atom. The van der Waals surface area contributed by atoms with Crippen molar-refractivity contribution in [3.05, 3.63) is 192 Å². The Morgan fingerprint density at radius 3 is 0.964 bits per heavy atom. The van der Waals surface area contributed by atoms with Crippen molar-refractivity contribution in [2.75, 3.05) is 0 Å². The number of benzene rings is 4. The van der Waals surface area contributed by atoms with E-state index in [1.165, 1.54) is 0 Å². The number of H-pyrrole nitrogens is 2. The van der Waals surface area contributed by atoms with Gasteiger partial charge in [-0.2, -0.15) is 0 Å². The third-order valence-electron chi connectivity index (χ3n) is 9.00. The zero-order valence-corrected chi connectivity index (χ0v) is 34.1. The number of fused-ring (bicyclic) bond motifs is 10. The van der Waals surface area contributed by atoms with Crippen molar-refractivity contribution in [1.82, 2.24) is 19.9 Å². The topological polar surface area (TPSA) is 57.4 Å². The normalized spacial score (nSPS) is 11.1. The highest BCUT2D eigenvalue weighted by molar-refractivity contribution is 5.99. The Kier molecular flexibility index (Phi) is 14.7. The number of nitrogens with zero attached hydrogens (tertiary/aromatic N) is 2. The van der Waals surface area contributed by atoms with E-state index in [-0.39, 0.29) is 2.85 Å². The zero-order chi connectivity index (χ0) is 39.9. The minimum Gasteiger partial charge on any atom is -0.353 e. The molecule has 9 rings (SSSR count). The van der Waals surface area contributed by atoms with Crippen LogP contribution in [-0.4, -0.2) is 19.9 Å². The van der Waals surface area contributed by atoms with Crippen molar-refractivity contribution in [1.29, 1.82) is 0 Å². The maximum absolute atomic E-state index is 5.22. The summed E-state index contributed by atoms with van der Waals surface area (Å²) in [5.74, 6) is 0. The number of aromatic amines is 2. The Morgan fingerprint density at radius 1 is 0.339 bits per heavy atom. The minimum absolute atomic E-state index is 0. The van der Waals surface area contributed by atoms with Gasteiger partial charge in [-0.05, 0) is 70.8 Å². The van der Waals surface area contributed by atoms with Crippen LogP contribution in [0.1, 0.15) is 92.1 Å².